The van der Waals surface area contributed by atoms with Gasteiger partial charge in [-0.05, 0) is 42.8 Å². The van der Waals surface area contributed by atoms with E-state index in [1.165, 1.54) is 11.3 Å². The molecular formula is C21H20ClN3O2. The summed E-state index contributed by atoms with van der Waals surface area (Å²) in [6, 6.07) is 14.1. The molecule has 5 rings (SSSR count). The van der Waals surface area contributed by atoms with Gasteiger partial charge in [-0.25, -0.2) is 0 Å². The van der Waals surface area contributed by atoms with Gasteiger partial charge in [0.1, 0.15) is 0 Å². The van der Waals surface area contributed by atoms with Crippen LogP contribution in [-0.2, 0) is 19.4 Å². The van der Waals surface area contributed by atoms with Gasteiger partial charge in [-0.15, -0.1) is 0 Å². The van der Waals surface area contributed by atoms with E-state index in [0.29, 0.717) is 13.3 Å². The third-order valence-electron chi connectivity index (χ3n) is 5.14. The van der Waals surface area contributed by atoms with Crippen molar-refractivity contribution in [3.8, 4) is 22.8 Å². The SMILES string of the molecule is Clc1ccc(-c2nn(Cc3ccc4c(c3)OCO4)c3c2CCNCC3)cc1. The van der Waals surface area contributed by atoms with Crippen LogP contribution in [0.3, 0.4) is 0 Å². The highest BCUT2D eigenvalue weighted by Crippen LogP contribution is 2.33. The van der Waals surface area contributed by atoms with Crippen LogP contribution >= 0.6 is 11.6 Å². The van der Waals surface area contributed by atoms with Gasteiger partial charge in [0.2, 0.25) is 6.79 Å². The number of rotatable bonds is 3. The molecule has 0 spiro atoms. The minimum atomic E-state index is 0.294. The Morgan fingerprint density at radius 1 is 1.00 bits per heavy atom. The first-order valence-electron chi connectivity index (χ1n) is 9.22. The molecule has 1 N–H and O–H groups in total. The van der Waals surface area contributed by atoms with Crippen LogP contribution in [0.25, 0.3) is 11.3 Å². The van der Waals surface area contributed by atoms with Crippen LogP contribution in [-0.4, -0.2) is 29.7 Å². The van der Waals surface area contributed by atoms with E-state index >= 15 is 0 Å². The summed E-state index contributed by atoms with van der Waals surface area (Å²) in [5.41, 5.74) is 5.98. The summed E-state index contributed by atoms with van der Waals surface area (Å²) >= 11 is 6.07. The molecule has 0 atom stereocenters. The van der Waals surface area contributed by atoms with Crippen molar-refractivity contribution in [1.29, 1.82) is 0 Å². The number of benzene rings is 2. The summed E-state index contributed by atoms with van der Waals surface area (Å²) < 4.78 is 13.1. The first-order chi connectivity index (χ1) is 13.3. The van der Waals surface area contributed by atoms with Crippen molar-refractivity contribution in [3.05, 3.63) is 64.3 Å². The lowest BCUT2D eigenvalue weighted by atomic mass is 10.0. The van der Waals surface area contributed by atoms with E-state index in [4.69, 9.17) is 26.2 Å². The third kappa shape index (κ3) is 3.17. The predicted molar refractivity (Wildman–Crippen MR) is 105 cm³/mol. The molecule has 0 saturated heterocycles. The second-order valence-electron chi connectivity index (χ2n) is 6.88. The number of nitrogens with zero attached hydrogens (tertiary/aromatic N) is 2. The summed E-state index contributed by atoms with van der Waals surface area (Å²) in [5, 5.41) is 9.23. The molecule has 2 aliphatic rings. The van der Waals surface area contributed by atoms with Gasteiger partial charge in [0, 0.05) is 34.8 Å². The van der Waals surface area contributed by atoms with Gasteiger partial charge in [0.15, 0.2) is 11.5 Å². The van der Waals surface area contributed by atoms with Crippen LogP contribution in [0.1, 0.15) is 16.8 Å². The van der Waals surface area contributed by atoms with Crippen molar-refractivity contribution in [1.82, 2.24) is 15.1 Å². The van der Waals surface area contributed by atoms with E-state index in [1.807, 2.05) is 36.4 Å². The van der Waals surface area contributed by atoms with E-state index in [1.54, 1.807) is 0 Å². The molecular weight excluding hydrogens is 362 g/mol. The lowest BCUT2D eigenvalue weighted by Crippen LogP contribution is -2.17. The molecule has 0 fully saturated rings. The van der Waals surface area contributed by atoms with Crippen molar-refractivity contribution in [2.24, 2.45) is 0 Å². The summed E-state index contributed by atoms with van der Waals surface area (Å²) in [7, 11) is 0. The highest BCUT2D eigenvalue weighted by atomic mass is 35.5. The Labute approximate surface area is 162 Å². The van der Waals surface area contributed by atoms with Crippen LogP contribution in [0.5, 0.6) is 11.5 Å². The van der Waals surface area contributed by atoms with Crippen LogP contribution < -0.4 is 14.8 Å². The highest BCUT2D eigenvalue weighted by molar-refractivity contribution is 6.30. The molecule has 0 saturated carbocycles. The number of aromatic nitrogens is 2. The molecule has 27 heavy (non-hydrogen) atoms. The summed E-state index contributed by atoms with van der Waals surface area (Å²) in [4.78, 5) is 0. The molecule has 0 amide bonds. The second-order valence-corrected chi connectivity index (χ2v) is 7.31. The maximum atomic E-state index is 6.07. The molecule has 0 aliphatic carbocycles. The smallest absolute Gasteiger partial charge is 0.231 e. The number of ether oxygens (including phenoxy) is 2. The molecule has 138 valence electrons. The molecule has 3 aromatic rings. The van der Waals surface area contributed by atoms with Crippen LogP contribution in [0.15, 0.2) is 42.5 Å². The number of halogens is 1. The predicted octanol–water partition coefficient (Wildman–Crippen LogP) is 3.67. The van der Waals surface area contributed by atoms with Gasteiger partial charge >= 0.3 is 0 Å². The molecule has 3 heterocycles. The molecule has 6 heteroatoms. The lowest BCUT2D eigenvalue weighted by Gasteiger charge is -2.08. The van der Waals surface area contributed by atoms with Gasteiger partial charge in [0.05, 0.1) is 12.2 Å². The first kappa shape index (κ1) is 16.7. The van der Waals surface area contributed by atoms with Gasteiger partial charge in [-0.2, -0.15) is 5.10 Å². The van der Waals surface area contributed by atoms with E-state index in [2.05, 4.69) is 16.1 Å². The Morgan fingerprint density at radius 3 is 2.70 bits per heavy atom. The van der Waals surface area contributed by atoms with Crippen molar-refractivity contribution in [3.63, 3.8) is 0 Å². The molecule has 2 aliphatic heterocycles. The van der Waals surface area contributed by atoms with Gasteiger partial charge < -0.3 is 14.8 Å². The summed E-state index contributed by atoms with van der Waals surface area (Å²) in [6.07, 6.45) is 1.95. The first-order valence-corrected chi connectivity index (χ1v) is 9.59. The second kappa shape index (κ2) is 6.91. The van der Waals surface area contributed by atoms with Crippen molar-refractivity contribution >= 4 is 11.6 Å². The van der Waals surface area contributed by atoms with E-state index in [9.17, 15) is 0 Å². The molecule has 5 nitrogen and oxygen atoms in total. The van der Waals surface area contributed by atoms with E-state index in [0.717, 1.165) is 59.3 Å². The summed E-state index contributed by atoms with van der Waals surface area (Å²) in [5.74, 6) is 1.62. The highest BCUT2D eigenvalue weighted by Gasteiger charge is 2.21. The van der Waals surface area contributed by atoms with Gasteiger partial charge in [-0.3, -0.25) is 4.68 Å². The average molecular weight is 382 g/mol. The van der Waals surface area contributed by atoms with Crippen LogP contribution in [0, 0.1) is 0 Å². The fraction of sp³-hybridized carbons (Fsp3) is 0.286. The Hall–Kier alpha value is -2.50. The molecule has 0 radical (unpaired) electrons. The lowest BCUT2D eigenvalue weighted by molar-refractivity contribution is 0.174. The minimum Gasteiger partial charge on any atom is -0.454 e. The standard InChI is InChI=1S/C21H20ClN3O2/c22-16-4-2-15(3-5-16)21-17-7-9-23-10-8-18(17)25(24-21)12-14-1-6-19-20(11-14)27-13-26-19/h1-6,11,23H,7-10,12-13H2. The monoisotopic (exact) mass is 381 g/mol. The van der Waals surface area contributed by atoms with Crippen molar-refractivity contribution in [2.45, 2.75) is 19.4 Å². The minimum absolute atomic E-state index is 0.294. The third-order valence-corrected chi connectivity index (χ3v) is 5.40. The number of fused-ring (bicyclic) bond motifs is 2. The quantitative estimate of drug-likeness (QED) is 0.752. The zero-order valence-corrected chi connectivity index (χ0v) is 15.6. The number of hydrogen-bond acceptors (Lipinski definition) is 4. The maximum Gasteiger partial charge on any atom is 0.231 e. The molecule has 2 aromatic carbocycles. The van der Waals surface area contributed by atoms with Gasteiger partial charge in [0.25, 0.3) is 0 Å². The van der Waals surface area contributed by atoms with E-state index < -0.39 is 0 Å². The Morgan fingerprint density at radius 2 is 1.81 bits per heavy atom. The maximum absolute atomic E-state index is 6.07. The fourth-order valence-corrected chi connectivity index (χ4v) is 3.93. The van der Waals surface area contributed by atoms with Crippen LogP contribution in [0.2, 0.25) is 5.02 Å². The zero-order chi connectivity index (χ0) is 18.2. The topological polar surface area (TPSA) is 48.3 Å². The molecule has 1 aromatic heterocycles. The average Bonchev–Trinajstić information content (AvgIpc) is 3.19. The van der Waals surface area contributed by atoms with Crippen molar-refractivity contribution in [2.75, 3.05) is 19.9 Å². The zero-order valence-electron chi connectivity index (χ0n) is 14.9. The largest absolute Gasteiger partial charge is 0.454 e. The number of hydrogen-bond donors (Lipinski definition) is 1. The van der Waals surface area contributed by atoms with E-state index in [-0.39, 0.29) is 0 Å². The Bertz CT molecular complexity index is 982. The summed E-state index contributed by atoms with van der Waals surface area (Å²) in [6.45, 7) is 2.96. The van der Waals surface area contributed by atoms with Gasteiger partial charge in [-0.1, -0.05) is 29.8 Å². The molecule has 0 bridgehead atoms. The van der Waals surface area contributed by atoms with Crippen LogP contribution in [0.4, 0.5) is 0 Å². The van der Waals surface area contributed by atoms with Crippen molar-refractivity contribution < 1.29 is 9.47 Å². The molecule has 0 unspecified atom stereocenters. The number of nitrogens with one attached hydrogen (secondary N) is 1. The normalized spacial score (nSPS) is 15.4. The Balaban J connectivity index is 1.54. The fourth-order valence-electron chi connectivity index (χ4n) is 3.80. The Kier molecular flexibility index (Phi) is 4.26.